The molecule has 0 unspecified atom stereocenters. The maximum absolute atomic E-state index is 13.1. The topological polar surface area (TPSA) is 66.3 Å². The van der Waals surface area contributed by atoms with Crippen LogP contribution in [-0.4, -0.2) is 43.5 Å². The van der Waals surface area contributed by atoms with E-state index in [1.165, 1.54) is 67.9 Å². The van der Waals surface area contributed by atoms with Crippen molar-refractivity contribution in [2.75, 3.05) is 13.1 Å². The van der Waals surface area contributed by atoms with Gasteiger partial charge in [-0.1, -0.05) is 13.8 Å². The Morgan fingerprint density at radius 2 is 1.76 bits per heavy atom. The lowest BCUT2D eigenvalue weighted by Crippen LogP contribution is -2.40. The van der Waals surface area contributed by atoms with Crippen LogP contribution in [-0.2, 0) is 4.79 Å². The SMILES string of the molecule is Cc1c(-c2[nH]c3sc([C@H]4CC[C@H](C(=O)N5CCCCC5)CC4)c(C)c3c2C(C)C)cn2ncnc2c1C. The number of hydrogen-bond donors (Lipinski definition) is 1. The van der Waals surface area contributed by atoms with Crippen molar-refractivity contribution in [2.24, 2.45) is 5.92 Å². The van der Waals surface area contributed by atoms with Crippen molar-refractivity contribution >= 4 is 33.1 Å². The average molecular weight is 518 g/mol. The van der Waals surface area contributed by atoms with Crippen LogP contribution < -0.4 is 0 Å². The summed E-state index contributed by atoms with van der Waals surface area (Å²) in [6.07, 6.45) is 11.7. The number of aromatic nitrogens is 4. The monoisotopic (exact) mass is 517 g/mol. The molecule has 1 N–H and O–H groups in total. The summed E-state index contributed by atoms with van der Waals surface area (Å²) in [5, 5.41) is 5.84. The Balaban J connectivity index is 1.31. The van der Waals surface area contributed by atoms with E-state index in [2.05, 4.69) is 60.8 Å². The molecule has 6 rings (SSSR count). The molecule has 1 saturated carbocycles. The minimum Gasteiger partial charge on any atom is -0.346 e. The number of fused-ring (bicyclic) bond motifs is 2. The summed E-state index contributed by atoms with van der Waals surface area (Å²) < 4.78 is 1.90. The molecule has 1 aliphatic heterocycles. The number of nitrogens with one attached hydrogen (secondary N) is 1. The molecule has 0 atom stereocenters. The lowest BCUT2D eigenvalue weighted by Gasteiger charge is -2.34. The van der Waals surface area contributed by atoms with Crippen molar-refractivity contribution in [2.45, 2.75) is 91.4 Å². The van der Waals surface area contributed by atoms with E-state index in [9.17, 15) is 4.79 Å². The molecule has 5 heterocycles. The van der Waals surface area contributed by atoms with Crippen molar-refractivity contribution in [1.29, 1.82) is 0 Å². The van der Waals surface area contributed by atoms with E-state index < -0.39 is 0 Å². The zero-order valence-corrected chi connectivity index (χ0v) is 23.7. The molecule has 0 spiro atoms. The van der Waals surface area contributed by atoms with Crippen molar-refractivity contribution in [3.63, 3.8) is 0 Å². The smallest absolute Gasteiger partial charge is 0.225 e. The molecule has 0 bridgehead atoms. The number of likely N-dealkylation sites (tertiary alicyclic amines) is 1. The zero-order valence-electron chi connectivity index (χ0n) is 22.9. The molecule has 4 aromatic heterocycles. The standard InChI is InChI=1S/C30H39N5OS/c1-17(2)24-25-20(5)27(21-9-11-22(12-10-21)30(36)34-13-7-6-8-14-34)37-29(25)33-26(24)23-15-35-28(31-16-32-35)19(4)18(23)3/h15-17,21-22,33H,6-14H2,1-5H3/t21-,22-. The first-order valence-corrected chi connectivity index (χ1v) is 14.9. The number of rotatable bonds is 4. The summed E-state index contributed by atoms with van der Waals surface area (Å²) in [7, 11) is 0. The van der Waals surface area contributed by atoms with Gasteiger partial charge in [0.2, 0.25) is 5.91 Å². The number of aryl methyl sites for hydroxylation is 2. The predicted octanol–water partition coefficient (Wildman–Crippen LogP) is 7.27. The number of aromatic amines is 1. The molecule has 1 saturated heterocycles. The molecule has 2 fully saturated rings. The number of H-pyrrole nitrogens is 1. The lowest BCUT2D eigenvalue weighted by atomic mass is 9.79. The van der Waals surface area contributed by atoms with Gasteiger partial charge in [0.25, 0.3) is 0 Å². The van der Waals surface area contributed by atoms with Gasteiger partial charge in [-0.05, 0) is 99.8 Å². The third-order valence-corrected chi connectivity index (χ3v) is 10.4. The van der Waals surface area contributed by atoms with Gasteiger partial charge in [0, 0.05) is 41.0 Å². The number of amides is 1. The Bertz CT molecular complexity index is 1460. The van der Waals surface area contributed by atoms with Crippen LogP contribution in [0.5, 0.6) is 0 Å². The van der Waals surface area contributed by atoms with Crippen molar-refractivity contribution in [3.8, 4) is 11.3 Å². The highest BCUT2D eigenvalue weighted by Gasteiger charge is 2.33. The van der Waals surface area contributed by atoms with Crippen LogP contribution in [0.25, 0.3) is 27.1 Å². The molecule has 7 heteroatoms. The molecular weight excluding hydrogens is 478 g/mol. The molecule has 6 nitrogen and oxygen atoms in total. The quantitative estimate of drug-likeness (QED) is 0.309. The maximum Gasteiger partial charge on any atom is 0.225 e. The van der Waals surface area contributed by atoms with Gasteiger partial charge in [-0.15, -0.1) is 11.3 Å². The second-order valence-electron chi connectivity index (χ2n) is 11.6. The van der Waals surface area contributed by atoms with Gasteiger partial charge in [-0.2, -0.15) is 5.10 Å². The minimum atomic E-state index is 0.232. The van der Waals surface area contributed by atoms with E-state index in [1.54, 1.807) is 6.33 Å². The Labute approximate surface area is 223 Å². The van der Waals surface area contributed by atoms with E-state index in [0.29, 0.717) is 17.7 Å². The van der Waals surface area contributed by atoms with Crippen molar-refractivity contribution in [1.82, 2.24) is 24.5 Å². The third kappa shape index (κ3) is 4.10. The highest BCUT2D eigenvalue weighted by molar-refractivity contribution is 7.19. The first-order valence-electron chi connectivity index (χ1n) is 14.1. The fraction of sp³-hybridized carbons (Fsp3) is 0.567. The number of hydrogen-bond acceptors (Lipinski definition) is 4. The van der Waals surface area contributed by atoms with Crippen molar-refractivity contribution < 1.29 is 4.79 Å². The van der Waals surface area contributed by atoms with Gasteiger partial charge in [0.05, 0.1) is 5.69 Å². The van der Waals surface area contributed by atoms with Gasteiger partial charge in [0.15, 0.2) is 5.65 Å². The highest BCUT2D eigenvalue weighted by Crippen LogP contribution is 2.48. The number of nitrogens with zero attached hydrogens (tertiary/aromatic N) is 4. The number of carbonyl (C=O) groups is 1. The van der Waals surface area contributed by atoms with E-state index >= 15 is 0 Å². The second kappa shape index (κ2) is 9.57. The summed E-state index contributed by atoms with van der Waals surface area (Å²) in [4.78, 5) is 26.3. The van der Waals surface area contributed by atoms with E-state index in [-0.39, 0.29) is 5.92 Å². The predicted molar refractivity (Wildman–Crippen MR) is 152 cm³/mol. The lowest BCUT2D eigenvalue weighted by molar-refractivity contribution is -0.137. The Hall–Kier alpha value is -2.67. The second-order valence-corrected chi connectivity index (χ2v) is 12.7. The van der Waals surface area contributed by atoms with Crippen LogP contribution in [0, 0.1) is 26.7 Å². The van der Waals surface area contributed by atoms with E-state index in [0.717, 1.165) is 44.4 Å². The Morgan fingerprint density at radius 3 is 2.46 bits per heavy atom. The number of carbonyl (C=O) groups excluding carboxylic acids is 1. The highest BCUT2D eigenvalue weighted by atomic mass is 32.1. The van der Waals surface area contributed by atoms with E-state index in [1.807, 2.05) is 15.9 Å². The molecule has 1 amide bonds. The molecule has 2 aliphatic rings. The summed E-state index contributed by atoms with van der Waals surface area (Å²) in [6, 6.07) is 0. The van der Waals surface area contributed by atoms with Gasteiger partial charge in [-0.3, -0.25) is 4.79 Å². The molecule has 0 aromatic carbocycles. The fourth-order valence-electron chi connectivity index (χ4n) is 6.86. The van der Waals surface area contributed by atoms with Gasteiger partial charge in [0.1, 0.15) is 11.2 Å². The van der Waals surface area contributed by atoms with Gasteiger partial charge >= 0.3 is 0 Å². The molecular formula is C30H39N5OS. The maximum atomic E-state index is 13.1. The molecule has 0 radical (unpaired) electrons. The van der Waals surface area contributed by atoms with Gasteiger partial charge < -0.3 is 9.88 Å². The number of pyridine rings is 1. The van der Waals surface area contributed by atoms with Crippen LogP contribution in [0.3, 0.4) is 0 Å². The van der Waals surface area contributed by atoms with E-state index in [4.69, 9.17) is 0 Å². The minimum absolute atomic E-state index is 0.232. The zero-order chi connectivity index (χ0) is 25.8. The van der Waals surface area contributed by atoms with Crippen molar-refractivity contribution in [3.05, 3.63) is 39.7 Å². The molecule has 1 aliphatic carbocycles. The summed E-state index contributed by atoms with van der Waals surface area (Å²) in [6.45, 7) is 13.2. The fourth-order valence-corrected chi connectivity index (χ4v) is 8.25. The first-order chi connectivity index (χ1) is 17.8. The Morgan fingerprint density at radius 1 is 1.03 bits per heavy atom. The summed E-state index contributed by atoms with van der Waals surface area (Å²) >= 11 is 1.94. The van der Waals surface area contributed by atoms with Gasteiger partial charge in [-0.25, -0.2) is 9.50 Å². The first kappa shape index (κ1) is 24.7. The third-order valence-electron chi connectivity index (χ3n) is 9.05. The normalized spacial score (nSPS) is 21.0. The molecule has 37 heavy (non-hydrogen) atoms. The number of thiophene rings is 1. The van der Waals surface area contributed by atoms with Crippen LogP contribution in [0.1, 0.15) is 97.8 Å². The summed E-state index contributed by atoms with van der Waals surface area (Å²) in [5.74, 6) is 1.62. The molecule has 196 valence electrons. The molecule has 4 aromatic rings. The van der Waals surface area contributed by atoms with Crippen LogP contribution in [0.2, 0.25) is 0 Å². The number of piperidine rings is 1. The van der Waals surface area contributed by atoms with Crippen LogP contribution in [0.15, 0.2) is 12.5 Å². The largest absolute Gasteiger partial charge is 0.346 e. The Kier molecular flexibility index (Phi) is 6.38. The van der Waals surface area contributed by atoms with Crippen LogP contribution >= 0.6 is 11.3 Å². The van der Waals surface area contributed by atoms with Crippen LogP contribution in [0.4, 0.5) is 0 Å². The summed E-state index contributed by atoms with van der Waals surface area (Å²) in [5.41, 5.74) is 8.63. The average Bonchev–Trinajstić information content (AvgIpc) is 3.61.